The lowest BCUT2D eigenvalue weighted by Gasteiger charge is -2.38. The van der Waals surface area contributed by atoms with Crippen LogP contribution in [-0.4, -0.2) is 52.5 Å². The van der Waals surface area contributed by atoms with Crippen molar-refractivity contribution in [1.82, 2.24) is 10.6 Å². The van der Waals surface area contributed by atoms with Gasteiger partial charge >= 0.3 is 0 Å². The predicted octanol–water partition coefficient (Wildman–Crippen LogP) is 2.17. The molecular weight excluding hydrogens is 278 g/mol. The zero-order valence-corrected chi connectivity index (χ0v) is 14.5. The van der Waals surface area contributed by atoms with Crippen LogP contribution >= 0.6 is 0 Å². The van der Waals surface area contributed by atoms with Crippen LogP contribution in [0.2, 0.25) is 0 Å². The van der Waals surface area contributed by atoms with Gasteiger partial charge in [0.25, 0.3) is 0 Å². The summed E-state index contributed by atoms with van der Waals surface area (Å²) in [4.78, 5) is 4.36. The average Bonchev–Trinajstić information content (AvgIpc) is 2.95. The Morgan fingerprint density at radius 2 is 1.86 bits per heavy atom. The summed E-state index contributed by atoms with van der Waals surface area (Å²) in [6, 6.07) is 0. The van der Waals surface area contributed by atoms with Crippen molar-refractivity contribution in [2.75, 3.05) is 46.6 Å². The van der Waals surface area contributed by atoms with Gasteiger partial charge in [0.15, 0.2) is 5.96 Å². The summed E-state index contributed by atoms with van der Waals surface area (Å²) in [6.45, 7) is 9.59. The van der Waals surface area contributed by atoms with Crippen molar-refractivity contribution in [3.8, 4) is 0 Å². The molecule has 2 aliphatic rings. The normalized spacial score (nSPS) is 23.1. The van der Waals surface area contributed by atoms with Gasteiger partial charge in [0.2, 0.25) is 0 Å². The van der Waals surface area contributed by atoms with Crippen LogP contribution in [0.5, 0.6) is 0 Å². The third-order valence-corrected chi connectivity index (χ3v) is 5.08. The number of nitrogens with one attached hydrogen (secondary N) is 2. The number of hydrogen-bond acceptors (Lipinski definition) is 3. The van der Waals surface area contributed by atoms with Crippen LogP contribution in [0.25, 0.3) is 0 Å². The molecule has 1 saturated carbocycles. The summed E-state index contributed by atoms with van der Waals surface area (Å²) >= 11 is 0. The van der Waals surface area contributed by atoms with E-state index in [2.05, 4.69) is 29.5 Å². The Hall–Kier alpha value is -0.810. The van der Waals surface area contributed by atoms with Gasteiger partial charge in [-0.3, -0.25) is 4.99 Å². The molecular formula is C17H33N3O2. The summed E-state index contributed by atoms with van der Waals surface area (Å²) in [5.74, 6) is 0.913. The molecule has 0 radical (unpaired) electrons. The highest BCUT2D eigenvalue weighted by Crippen LogP contribution is 2.40. The number of guanidine groups is 1. The van der Waals surface area contributed by atoms with Gasteiger partial charge in [-0.05, 0) is 31.6 Å². The minimum absolute atomic E-state index is 0.262. The Morgan fingerprint density at radius 1 is 1.18 bits per heavy atom. The third kappa shape index (κ3) is 4.85. The molecule has 1 aliphatic heterocycles. The first-order valence-corrected chi connectivity index (χ1v) is 8.71. The van der Waals surface area contributed by atoms with Gasteiger partial charge in [-0.15, -0.1) is 0 Å². The molecule has 0 bridgehead atoms. The van der Waals surface area contributed by atoms with Gasteiger partial charge in [-0.1, -0.05) is 19.8 Å². The van der Waals surface area contributed by atoms with E-state index in [0.717, 1.165) is 51.9 Å². The molecule has 0 aromatic heterocycles. The molecule has 2 fully saturated rings. The van der Waals surface area contributed by atoms with Crippen LogP contribution < -0.4 is 10.6 Å². The van der Waals surface area contributed by atoms with Gasteiger partial charge in [0.1, 0.15) is 0 Å². The molecule has 0 aromatic rings. The van der Waals surface area contributed by atoms with Crippen molar-refractivity contribution in [2.24, 2.45) is 15.8 Å². The topological polar surface area (TPSA) is 54.9 Å². The van der Waals surface area contributed by atoms with E-state index in [4.69, 9.17) is 9.47 Å². The monoisotopic (exact) mass is 311 g/mol. The van der Waals surface area contributed by atoms with E-state index in [1.165, 1.54) is 25.7 Å². The molecule has 0 aromatic carbocycles. The fourth-order valence-electron chi connectivity index (χ4n) is 3.41. The minimum atomic E-state index is 0.262. The average molecular weight is 311 g/mol. The SMILES string of the molecule is CCOCCC1(CNC(=NC)NCC2(C)COC2)CCCC1. The van der Waals surface area contributed by atoms with Crippen molar-refractivity contribution < 1.29 is 9.47 Å². The van der Waals surface area contributed by atoms with Crippen LogP contribution in [0.1, 0.15) is 46.0 Å². The Balaban J connectivity index is 1.76. The Labute approximate surface area is 135 Å². The van der Waals surface area contributed by atoms with Gasteiger partial charge in [0.05, 0.1) is 13.2 Å². The van der Waals surface area contributed by atoms with Crippen LogP contribution in [0.15, 0.2) is 4.99 Å². The molecule has 22 heavy (non-hydrogen) atoms. The summed E-state index contributed by atoms with van der Waals surface area (Å²) in [6.07, 6.45) is 6.44. The molecule has 0 amide bonds. The second-order valence-corrected chi connectivity index (χ2v) is 7.24. The highest BCUT2D eigenvalue weighted by atomic mass is 16.5. The highest BCUT2D eigenvalue weighted by molar-refractivity contribution is 5.79. The number of nitrogens with zero attached hydrogens (tertiary/aromatic N) is 1. The van der Waals surface area contributed by atoms with Crippen molar-refractivity contribution in [1.29, 1.82) is 0 Å². The van der Waals surface area contributed by atoms with E-state index < -0.39 is 0 Å². The molecule has 0 spiro atoms. The number of ether oxygens (including phenoxy) is 2. The summed E-state index contributed by atoms with van der Waals surface area (Å²) in [7, 11) is 1.84. The number of aliphatic imine (C=N–C) groups is 1. The van der Waals surface area contributed by atoms with Crippen LogP contribution in [0.4, 0.5) is 0 Å². The van der Waals surface area contributed by atoms with Crippen molar-refractivity contribution in [3.63, 3.8) is 0 Å². The van der Waals surface area contributed by atoms with E-state index in [0.29, 0.717) is 5.41 Å². The lowest BCUT2D eigenvalue weighted by molar-refractivity contribution is -0.0971. The Bertz CT molecular complexity index is 361. The van der Waals surface area contributed by atoms with E-state index in [1.54, 1.807) is 0 Å². The van der Waals surface area contributed by atoms with Gasteiger partial charge in [-0.25, -0.2) is 0 Å². The van der Waals surface area contributed by atoms with E-state index in [1.807, 2.05) is 7.05 Å². The molecule has 1 aliphatic carbocycles. The fourth-order valence-corrected chi connectivity index (χ4v) is 3.41. The maximum atomic E-state index is 5.58. The molecule has 128 valence electrons. The predicted molar refractivity (Wildman–Crippen MR) is 90.3 cm³/mol. The standard InChI is InChI=1S/C17H33N3O2/c1-4-21-10-9-17(7-5-6-8-17)12-20-15(18-3)19-11-16(2)13-22-14-16/h4-14H2,1-3H3,(H2,18,19,20). The lowest BCUT2D eigenvalue weighted by Crippen LogP contribution is -2.52. The maximum absolute atomic E-state index is 5.58. The smallest absolute Gasteiger partial charge is 0.191 e. The van der Waals surface area contributed by atoms with E-state index in [9.17, 15) is 0 Å². The molecule has 0 atom stereocenters. The molecule has 1 saturated heterocycles. The van der Waals surface area contributed by atoms with E-state index >= 15 is 0 Å². The summed E-state index contributed by atoms with van der Waals surface area (Å²) in [5, 5.41) is 6.99. The van der Waals surface area contributed by atoms with Crippen LogP contribution in [0, 0.1) is 10.8 Å². The highest BCUT2D eigenvalue weighted by Gasteiger charge is 2.35. The van der Waals surface area contributed by atoms with Gasteiger partial charge < -0.3 is 20.1 Å². The Morgan fingerprint density at radius 3 is 2.41 bits per heavy atom. The van der Waals surface area contributed by atoms with Crippen LogP contribution in [-0.2, 0) is 9.47 Å². The molecule has 0 unspecified atom stereocenters. The van der Waals surface area contributed by atoms with Gasteiger partial charge in [0, 0.05) is 38.8 Å². The van der Waals surface area contributed by atoms with E-state index in [-0.39, 0.29) is 5.41 Å². The summed E-state index contributed by atoms with van der Waals surface area (Å²) < 4.78 is 10.9. The second kappa shape index (κ2) is 8.16. The molecule has 5 nitrogen and oxygen atoms in total. The second-order valence-electron chi connectivity index (χ2n) is 7.24. The third-order valence-electron chi connectivity index (χ3n) is 5.08. The van der Waals surface area contributed by atoms with Crippen molar-refractivity contribution in [2.45, 2.75) is 46.0 Å². The molecule has 1 heterocycles. The molecule has 2 N–H and O–H groups in total. The first-order chi connectivity index (χ1) is 10.6. The van der Waals surface area contributed by atoms with Crippen molar-refractivity contribution >= 4 is 5.96 Å². The fraction of sp³-hybridized carbons (Fsp3) is 0.941. The first-order valence-electron chi connectivity index (χ1n) is 8.71. The maximum Gasteiger partial charge on any atom is 0.191 e. The summed E-state index contributed by atoms with van der Waals surface area (Å²) in [5.41, 5.74) is 0.647. The number of hydrogen-bond donors (Lipinski definition) is 2. The van der Waals surface area contributed by atoms with Gasteiger partial charge in [-0.2, -0.15) is 0 Å². The molecule has 2 rings (SSSR count). The lowest BCUT2D eigenvalue weighted by atomic mass is 9.83. The van der Waals surface area contributed by atoms with Crippen molar-refractivity contribution in [3.05, 3.63) is 0 Å². The number of rotatable bonds is 8. The zero-order chi connectivity index (χ0) is 15.9. The van der Waals surface area contributed by atoms with Crippen LogP contribution in [0.3, 0.4) is 0 Å². The minimum Gasteiger partial charge on any atom is -0.382 e. The largest absolute Gasteiger partial charge is 0.382 e. The zero-order valence-electron chi connectivity index (χ0n) is 14.5. The first kappa shape index (κ1) is 17.5. The quantitative estimate of drug-likeness (QED) is 0.410. The Kier molecular flexibility index (Phi) is 6.50. The molecule has 5 heteroatoms.